The molecule has 10 aromatic rings. The molecule has 0 aliphatic heterocycles. The van der Waals surface area contributed by atoms with Crippen LogP contribution in [0.1, 0.15) is 0 Å². The Bertz CT molecular complexity index is 2860. The van der Waals surface area contributed by atoms with Crippen molar-refractivity contribution in [3.8, 4) is 66.8 Å². The molecule has 0 radical (unpaired) electrons. The summed E-state index contributed by atoms with van der Waals surface area (Å²) in [5, 5.41) is 7.53. The van der Waals surface area contributed by atoms with Gasteiger partial charge in [0.15, 0.2) is 0 Å². The normalized spacial score (nSPS) is 11.3. The van der Waals surface area contributed by atoms with Crippen LogP contribution in [0.5, 0.6) is 0 Å². The van der Waals surface area contributed by atoms with E-state index in [9.17, 15) is 0 Å². The van der Waals surface area contributed by atoms with Crippen molar-refractivity contribution in [3.05, 3.63) is 218 Å². The van der Waals surface area contributed by atoms with E-state index in [0.29, 0.717) is 0 Å². The predicted octanol–water partition coefficient (Wildman–Crippen LogP) is 15.1. The molecular formula is C54H36. The highest BCUT2D eigenvalue weighted by Gasteiger charge is 2.18. The third kappa shape index (κ3) is 5.75. The van der Waals surface area contributed by atoms with Gasteiger partial charge in [-0.05, 0) is 135 Å². The molecule has 0 heteroatoms. The molecule has 0 aliphatic rings. The van der Waals surface area contributed by atoms with E-state index in [1.54, 1.807) is 0 Å². The van der Waals surface area contributed by atoms with Gasteiger partial charge < -0.3 is 0 Å². The molecule has 0 nitrogen and oxygen atoms in total. The first-order valence-corrected chi connectivity index (χ1v) is 18.7. The Morgan fingerprint density at radius 1 is 0.167 bits per heavy atom. The van der Waals surface area contributed by atoms with Crippen LogP contribution in [0, 0.1) is 0 Å². The van der Waals surface area contributed by atoms with Crippen molar-refractivity contribution in [2.45, 2.75) is 0 Å². The summed E-state index contributed by atoms with van der Waals surface area (Å²) < 4.78 is 0. The first kappa shape index (κ1) is 31.7. The number of hydrogen-bond donors (Lipinski definition) is 0. The van der Waals surface area contributed by atoms with Gasteiger partial charge in [-0.3, -0.25) is 0 Å². The van der Waals surface area contributed by atoms with Crippen LogP contribution in [0.25, 0.3) is 99.1 Å². The van der Waals surface area contributed by atoms with Gasteiger partial charge in [-0.1, -0.05) is 182 Å². The summed E-state index contributed by atoms with van der Waals surface area (Å²) >= 11 is 0. The molecule has 0 atom stereocenters. The Balaban J connectivity index is 1.15. The fourth-order valence-corrected chi connectivity index (χ4v) is 8.22. The van der Waals surface area contributed by atoms with E-state index in [1.807, 2.05) is 0 Å². The second-order valence-electron chi connectivity index (χ2n) is 14.1. The van der Waals surface area contributed by atoms with Crippen LogP contribution >= 0.6 is 0 Å². The van der Waals surface area contributed by atoms with E-state index in [-0.39, 0.29) is 0 Å². The molecule has 0 amide bonds. The average molecular weight is 685 g/mol. The molecule has 10 aromatic carbocycles. The van der Waals surface area contributed by atoms with E-state index in [2.05, 4.69) is 218 Å². The molecule has 0 bridgehead atoms. The highest BCUT2D eigenvalue weighted by Crippen LogP contribution is 2.45. The van der Waals surface area contributed by atoms with Gasteiger partial charge in [0.2, 0.25) is 0 Å². The van der Waals surface area contributed by atoms with Gasteiger partial charge in [0.1, 0.15) is 0 Å². The van der Waals surface area contributed by atoms with E-state index >= 15 is 0 Å². The summed E-state index contributed by atoms with van der Waals surface area (Å²) in [7, 11) is 0. The summed E-state index contributed by atoms with van der Waals surface area (Å²) in [6.45, 7) is 0. The highest BCUT2D eigenvalue weighted by molar-refractivity contribution is 6.21. The third-order valence-electron chi connectivity index (χ3n) is 10.8. The van der Waals surface area contributed by atoms with Gasteiger partial charge in [-0.15, -0.1) is 0 Å². The molecule has 0 fully saturated rings. The molecule has 0 unspecified atom stereocenters. The fraction of sp³-hybridized carbons (Fsp3) is 0. The molecule has 0 N–H and O–H groups in total. The molecule has 0 aliphatic carbocycles. The molecule has 252 valence electrons. The molecule has 0 spiro atoms. The smallest absolute Gasteiger partial charge is 0.00262 e. The van der Waals surface area contributed by atoms with Crippen LogP contribution in [0.3, 0.4) is 0 Å². The van der Waals surface area contributed by atoms with Crippen molar-refractivity contribution < 1.29 is 0 Å². The van der Waals surface area contributed by atoms with Gasteiger partial charge in [0.05, 0.1) is 0 Å². The summed E-state index contributed by atoms with van der Waals surface area (Å²) in [6.07, 6.45) is 0. The predicted molar refractivity (Wildman–Crippen MR) is 232 cm³/mol. The molecule has 10 rings (SSSR count). The lowest BCUT2D eigenvalue weighted by atomic mass is 9.84. The Morgan fingerprint density at radius 3 is 1.00 bits per heavy atom. The van der Waals surface area contributed by atoms with Gasteiger partial charge in [-0.2, -0.15) is 0 Å². The minimum atomic E-state index is 1.20. The van der Waals surface area contributed by atoms with Gasteiger partial charge in [0, 0.05) is 0 Å². The lowest BCUT2D eigenvalue weighted by molar-refractivity contribution is 1.56. The van der Waals surface area contributed by atoms with Crippen molar-refractivity contribution in [1.82, 2.24) is 0 Å². The summed E-state index contributed by atoms with van der Waals surface area (Å²) in [4.78, 5) is 0. The minimum absolute atomic E-state index is 1.20. The molecular weight excluding hydrogens is 649 g/mol. The summed E-state index contributed by atoms with van der Waals surface area (Å²) in [6, 6.07) is 79.8. The van der Waals surface area contributed by atoms with Crippen LogP contribution in [0.4, 0.5) is 0 Å². The van der Waals surface area contributed by atoms with Gasteiger partial charge >= 0.3 is 0 Å². The average Bonchev–Trinajstić information content (AvgIpc) is 3.26. The second-order valence-corrected chi connectivity index (χ2v) is 14.1. The largest absolute Gasteiger partial charge is 0.0622 e. The zero-order chi connectivity index (χ0) is 35.8. The second kappa shape index (κ2) is 13.5. The van der Waals surface area contributed by atoms with Crippen molar-refractivity contribution in [1.29, 1.82) is 0 Å². The SMILES string of the molecule is c1ccc(-c2cc(-c3ccccc3)cc(-c3cccc(-c4c5ccccc5c(-c5cccc(-c6ccc7ccccc7c6)c5)c5ccccc45)c3)c2)cc1. The van der Waals surface area contributed by atoms with E-state index in [1.165, 1.54) is 99.1 Å². The zero-order valence-corrected chi connectivity index (χ0v) is 29.8. The first-order valence-electron chi connectivity index (χ1n) is 18.7. The van der Waals surface area contributed by atoms with Crippen LogP contribution in [0.15, 0.2) is 218 Å². The van der Waals surface area contributed by atoms with E-state index in [0.717, 1.165) is 0 Å². The summed E-state index contributed by atoms with van der Waals surface area (Å²) in [5.74, 6) is 0. The maximum absolute atomic E-state index is 2.38. The number of hydrogen-bond acceptors (Lipinski definition) is 0. The minimum Gasteiger partial charge on any atom is -0.0622 e. The maximum atomic E-state index is 2.38. The Morgan fingerprint density at radius 2 is 0.500 bits per heavy atom. The van der Waals surface area contributed by atoms with Crippen molar-refractivity contribution in [2.75, 3.05) is 0 Å². The molecule has 54 heavy (non-hydrogen) atoms. The van der Waals surface area contributed by atoms with Crippen LogP contribution in [-0.4, -0.2) is 0 Å². The Kier molecular flexibility index (Phi) is 7.93. The third-order valence-corrected chi connectivity index (χ3v) is 10.8. The topological polar surface area (TPSA) is 0 Å². The monoisotopic (exact) mass is 684 g/mol. The summed E-state index contributed by atoms with van der Waals surface area (Å²) in [5.41, 5.74) is 14.7. The quantitative estimate of drug-likeness (QED) is 0.153. The maximum Gasteiger partial charge on any atom is -0.00262 e. The van der Waals surface area contributed by atoms with Crippen LogP contribution in [-0.2, 0) is 0 Å². The van der Waals surface area contributed by atoms with Crippen LogP contribution in [0.2, 0.25) is 0 Å². The Labute approximate surface area is 316 Å². The van der Waals surface area contributed by atoms with Crippen LogP contribution < -0.4 is 0 Å². The van der Waals surface area contributed by atoms with Crippen molar-refractivity contribution in [3.63, 3.8) is 0 Å². The zero-order valence-electron chi connectivity index (χ0n) is 29.8. The highest BCUT2D eigenvalue weighted by atomic mass is 14.2. The first-order chi connectivity index (χ1) is 26.8. The lowest BCUT2D eigenvalue weighted by Gasteiger charge is -2.19. The number of benzene rings is 10. The van der Waals surface area contributed by atoms with Gasteiger partial charge in [-0.25, -0.2) is 0 Å². The van der Waals surface area contributed by atoms with Crippen molar-refractivity contribution >= 4 is 32.3 Å². The number of fused-ring (bicyclic) bond motifs is 3. The van der Waals surface area contributed by atoms with Crippen molar-refractivity contribution in [2.24, 2.45) is 0 Å². The van der Waals surface area contributed by atoms with E-state index in [4.69, 9.17) is 0 Å². The lowest BCUT2D eigenvalue weighted by Crippen LogP contribution is -1.92. The number of rotatable bonds is 6. The molecule has 0 aromatic heterocycles. The van der Waals surface area contributed by atoms with Gasteiger partial charge in [0.25, 0.3) is 0 Å². The standard InChI is InChI=1S/C54H36/c1-3-15-37(16-4-1)46-34-47(38-17-5-2-6-18-38)36-48(35-46)42-22-14-24-45(33-42)54-51-27-11-9-25-49(51)53(50-26-10-12-28-52(50)54)44-23-13-21-41(32-44)43-30-29-39-19-7-8-20-40(39)31-43/h1-36H. The van der Waals surface area contributed by atoms with E-state index < -0.39 is 0 Å². The molecule has 0 saturated heterocycles. The molecule has 0 heterocycles. The fourth-order valence-electron chi connectivity index (χ4n) is 8.22. The Hall–Kier alpha value is -7.02. The molecule has 0 saturated carbocycles.